The topological polar surface area (TPSA) is 43.8 Å². The molecular weight excluding hydrogens is 242 g/mol. The number of aromatic nitrogens is 2. The molecule has 2 aromatic rings. The first-order valence-corrected chi connectivity index (χ1v) is 7.18. The van der Waals surface area contributed by atoms with Gasteiger partial charge in [0.2, 0.25) is 0 Å². The predicted octanol–water partition coefficient (Wildman–Crippen LogP) is 3.20. The van der Waals surface area contributed by atoms with Crippen LogP contribution in [0.25, 0.3) is 0 Å². The van der Waals surface area contributed by atoms with Crippen LogP contribution in [0.5, 0.6) is 0 Å². The molecule has 98 valence electrons. The number of hydrogen-bond acceptors (Lipinski definition) is 3. The molecule has 0 saturated heterocycles. The van der Waals surface area contributed by atoms with Crippen molar-refractivity contribution in [3.8, 4) is 0 Å². The molecule has 2 unspecified atom stereocenters. The van der Waals surface area contributed by atoms with Gasteiger partial charge in [-0.25, -0.2) is 4.98 Å². The second-order valence-corrected chi connectivity index (χ2v) is 6.11. The van der Waals surface area contributed by atoms with Gasteiger partial charge in [-0.3, -0.25) is 0 Å². The van der Waals surface area contributed by atoms with E-state index in [1.54, 1.807) is 0 Å². The molecule has 2 atom stereocenters. The summed E-state index contributed by atoms with van der Waals surface area (Å²) in [6.07, 6.45) is 2.87. The van der Waals surface area contributed by atoms with E-state index in [1.807, 2.05) is 24.6 Å². The summed E-state index contributed by atoms with van der Waals surface area (Å²) in [7, 11) is 0. The van der Waals surface area contributed by atoms with Crippen molar-refractivity contribution in [2.75, 3.05) is 0 Å². The smallest absolute Gasteiger partial charge is 0.0958 e. The van der Waals surface area contributed by atoms with E-state index in [1.165, 1.54) is 15.4 Å². The molecule has 0 spiro atoms. The third-order valence-electron chi connectivity index (χ3n) is 3.52. The number of rotatable bonds is 4. The van der Waals surface area contributed by atoms with Crippen LogP contribution >= 0.6 is 11.3 Å². The van der Waals surface area contributed by atoms with E-state index in [4.69, 9.17) is 5.73 Å². The Morgan fingerprint density at radius 2 is 2.06 bits per heavy atom. The fraction of sp³-hybridized carbons (Fsp3) is 0.500. The number of hydrogen-bond donors (Lipinski definition) is 1. The highest BCUT2D eigenvalue weighted by molar-refractivity contribution is 7.12. The normalized spacial score (nSPS) is 14.7. The predicted molar refractivity (Wildman–Crippen MR) is 77.2 cm³/mol. The third-order valence-corrected chi connectivity index (χ3v) is 4.59. The van der Waals surface area contributed by atoms with E-state index in [9.17, 15) is 0 Å². The van der Waals surface area contributed by atoms with Gasteiger partial charge in [-0.05, 0) is 39.3 Å². The van der Waals surface area contributed by atoms with Gasteiger partial charge < -0.3 is 10.3 Å². The highest BCUT2D eigenvalue weighted by atomic mass is 32.1. The fourth-order valence-electron chi connectivity index (χ4n) is 2.19. The van der Waals surface area contributed by atoms with Gasteiger partial charge in [0, 0.05) is 21.5 Å². The zero-order valence-corrected chi connectivity index (χ0v) is 12.3. The van der Waals surface area contributed by atoms with E-state index < -0.39 is 0 Å². The Kier molecular flexibility index (Phi) is 3.88. The van der Waals surface area contributed by atoms with Gasteiger partial charge in [0.15, 0.2) is 0 Å². The molecule has 4 heteroatoms. The molecule has 0 bridgehead atoms. The lowest BCUT2D eigenvalue weighted by Crippen LogP contribution is -2.32. The molecule has 18 heavy (non-hydrogen) atoms. The molecule has 0 fully saturated rings. The Bertz CT molecular complexity index is 527. The van der Waals surface area contributed by atoms with E-state index in [0.29, 0.717) is 0 Å². The van der Waals surface area contributed by atoms with Crippen LogP contribution in [-0.4, -0.2) is 15.6 Å². The maximum atomic E-state index is 6.33. The number of aryl methyl sites for hydroxylation is 2. The van der Waals surface area contributed by atoms with Crippen molar-refractivity contribution in [3.05, 3.63) is 39.6 Å². The number of nitrogens with zero attached hydrogens (tertiary/aromatic N) is 2. The van der Waals surface area contributed by atoms with Crippen molar-refractivity contribution in [1.29, 1.82) is 0 Å². The lowest BCUT2D eigenvalue weighted by atomic mass is 10.0. The summed E-state index contributed by atoms with van der Waals surface area (Å²) in [5.74, 6) is 0. The number of thiophene rings is 1. The van der Waals surface area contributed by atoms with E-state index >= 15 is 0 Å². The van der Waals surface area contributed by atoms with Crippen LogP contribution in [0.1, 0.15) is 40.5 Å². The summed E-state index contributed by atoms with van der Waals surface area (Å²) < 4.78 is 2.22. The highest BCUT2D eigenvalue weighted by Crippen LogP contribution is 2.30. The lowest BCUT2D eigenvalue weighted by molar-refractivity contribution is 0.458. The minimum atomic E-state index is 0.121. The van der Waals surface area contributed by atoms with Gasteiger partial charge in [-0.2, -0.15) is 0 Å². The summed E-state index contributed by atoms with van der Waals surface area (Å²) in [5.41, 5.74) is 8.61. The Morgan fingerprint density at radius 3 is 2.50 bits per heavy atom. The molecule has 0 aromatic carbocycles. The monoisotopic (exact) mass is 263 g/mol. The summed E-state index contributed by atoms with van der Waals surface area (Å²) in [6.45, 7) is 8.42. The average molecular weight is 263 g/mol. The van der Waals surface area contributed by atoms with Crippen molar-refractivity contribution in [2.24, 2.45) is 5.73 Å². The molecule has 0 radical (unpaired) electrons. The van der Waals surface area contributed by atoms with Crippen LogP contribution < -0.4 is 5.73 Å². The Labute approximate surface area is 113 Å². The van der Waals surface area contributed by atoms with Crippen LogP contribution in [0.2, 0.25) is 0 Å². The van der Waals surface area contributed by atoms with Crippen LogP contribution in [0.4, 0.5) is 0 Å². The molecule has 0 amide bonds. The largest absolute Gasteiger partial charge is 0.326 e. The zero-order valence-electron chi connectivity index (χ0n) is 11.5. The summed E-state index contributed by atoms with van der Waals surface area (Å²) in [4.78, 5) is 7.05. The van der Waals surface area contributed by atoms with Crippen molar-refractivity contribution >= 4 is 11.3 Å². The first-order valence-electron chi connectivity index (χ1n) is 6.36. The maximum Gasteiger partial charge on any atom is 0.0958 e. The average Bonchev–Trinajstić information content (AvgIpc) is 2.90. The SMILES string of the molecule is CCC(N)C(c1ccc(C)s1)n1cnc(C)c1C. The molecule has 3 nitrogen and oxygen atoms in total. The van der Waals surface area contributed by atoms with Crippen LogP contribution in [0.3, 0.4) is 0 Å². The standard InChI is InChI=1S/C14H21N3S/c1-5-12(15)14(13-7-6-9(2)18-13)17-8-16-10(3)11(17)4/h6-8,12,14H,5,15H2,1-4H3. The van der Waals surface area contributed by atoms with Crippen LogP contribution in [-0.2, 0) is 0 Å². The van der Waals surface area contributed by atoms with Gasteiger partial charge in [0.05, 0.1) is 18.1 Å². The maximum absolute atomic E-state index is 6.33. The fourth-order valence-corrected chi connectivity index (χ4v) is 3.24. The Morgan fingerprint density at radius 1 is 1.33 bits per heavy atom. The molecule has 2 rings (SSSR count). The third kappa shape index (κ3) is 2.35. The lowest BCUT2D eigenvalue weighted by Gasteiger charge is -2.24. The second kappa shape index (κ2) is 5.24. The van der Waals surface area contributed by atoms with Crippen molar-refractivity contribution in [2.45, 2.75) is 46.2 Å². The molecule has 0 aliphatic heterocycles. The van der Waals surface area contributed by atoms with Crippen molar-refractivity contribution in [3.63, 3.8) is 0 Å². The van der Waals surface area contributed by atoms with E-state index in [0.717, 1.165) is 12.1 Å². The molecule has 0 saturated carbocycles. The second-order valence-electron chi connectivity index (χ2n) is 4.79. The zero-order chi connectivity index (χ0) is 13.3. The Balaban J connectivity index is 2.46. The first kappa shape index (κ1) is 13.3. The number of imidazole rings is 1. The molecule has 0 aliphatic rings. The molecule has 2 aromatic heterocycles. The quantitative estimate of drug-likeness (QED) is 0.920. The van der Waals surface area contributed by atoms with Gasteiger partial charge in [-0.1, -0.05) is 6.92 Å². The molecule has 2 heterocycles. The summed E-state index contributed by atoms with van der Waals surface area (Å²) in [6, 6.07) is 4.67. The van der Waals surface area contributed by atoms with Crippen molar-refractivity contribution < 1.29 is 0 Å². The number of nitrogens with two attached hydrogens (primary N) is 1. The summed E-state index contributed by atoms with van der Waals surface area (Å²) >= 11 is 1.82. The highest BCUT2D eigenvalue weighted by Gasteiger charge is 2.23. The molecule has 2 N–H and O–H groups in total. The minimum Gasteiger partial charge on any atom is -0.326 e. The minimum absolute atomic E-state index is 0.121. The summed E-state index contributed by atoms with van der Waals surface area (Å²) in [5, 5.41) is 0. The van der Waals surface area contributed by atoms with Crippen molar-refractivity contribution in [1.82, 2.24) is 9.55 Å². The van der Waals surface area contributed by atoms with E-state index in [-0.39, 0.29) is 12.1 Å². The van der Waals surface area contributed by atoms with Gasteiger partial charge >= 0.3 is 0 Å². The first-order chi connectivity index (χ1) is 8.54. The Hall–Kier alpha value is -1.13. The van der Waals surface area contributed by atoms with Crippen LogP contribution in [0.15, 0.2) is 18.5 Å². The molecule has 0 aliphatic carbocycles. The molecular formula is C14H21N3S. The van der Waals surface area contributed by atoms with E-state index in [2.05, 4.69) is 42.5 Å². The van der Waals surface area contributed by atoms with Gasteiger partial charge in [0.25, 0.3) is 0 Å². The van der Waals surface area contributed by atoms with Crippen LogP contribution in [0, 0.1) is 20.8 Å². The van der Waals surface area contributed by atoms with Gasteiger partial charge in [-0.15, -0.1) is 11.3 Å². The van der Waals surface area contributed by atoms with Gasteiger partial charge in [0.1, 0.15) is 0 Å².